The molecule has 106 valence electrons. The van der Waals surface area contributed by atoms with Crippen LogP contribution in [0.1, 0.15) is 39.9 Å². The van der Waals surface area contributed by atoms with Gasteiger partial charge in [0.15, 0.2) is 0 Å². The minimum Gasteiger partial charge on any atom is -0.361 e. The molecule has 0 unspecified atom stereocenters. The number of carbonyl (C=O) groups is 1. The Balaban J connectivity index is 2.69. The number of nitrogens with zero attached hydrogens (tertiary/aromatic N) is 2. The highest BCUT2D eigenvalue weighted by Crippen LogP contribution is 2.21. The van der Waals surface area contributed by atoms with Crippen LogP contribution in [0.4, 0.5) is 5.82 Å². The zero-order valence-electron chi connectivity index (χ0n) is 11.9. The third-order valence-corrected chi connectivity index (χ3v) is 2.56. The van der Waals surface area contributed by atoms with Crippen LogP contribution in [-0.2, 0) is 10.2 Å². The first-order valence-electron chi connectivity index (χ1n) is 6.38. The Hall–Kier alpha value is -1.36. The highest BCUT2D eigenvalue weighted by Gasteiger charge is 2.18. The summed E-state index contributed by atoms with van der Waals surface area (Å²) >= 11 is 5.96. The van der Waals surface area contributed by atoms with Gasteiger partial charge < -0.3 is 10.6 Å². The maximum absolute atomic E-state index is 11.5. The molecular formula is C13H21ClN4O. The molecule has 1 rings (SSSR count). The number of carbonyl (C=O) groups excluding carboxylic acids is 1. The molecule has 0 aliphatic rings. The minimum absolute atomic E-state index is 0.0612. The Bertz CT molecular complexity index is 443. The lowest BCUT2D eigenvalue weighted by atomic mass is 9.96. The molecule has 0 aliphatic heterocycles. The molecule has 1 aromatic heterocycles. The number of hydrogen-bond donors (Lipinski definition) is 2. The van der Waals surface area contributed by atoms with Gasteiger partial charge in [-0.25, -0.2) is 9.97 Å². The van der Waals surface area contributed by atoms with Gasteiger partial charge in [-0.2, -0.15) is 0 Å². The summed E-state index contributed by atoms with van der Waals surface area (Å²) in [4.78, 5) is 20.1. The molecule has 0 atom stereocenters. The van der Waals surface area contributed by atoms with E-state index >= 15 is 0 Å². The van der Waals surface area contributed by atoms with Crippen molar-refractivity contribution in [3.05, 3.63) is 17.0 Å². The first-order chi connectivity index (χ1) is 8.82. The van der Waals surface area contributed by atoms with Gasteiger partial charge in [0, 0.05) is 18.0 Å². The maximum Gasteiger partial charge on any atom is 0.239 e. The summed E-state index contributed by atoms with van der Waals surface area (Å²) in [6.45, 7) is 8.89. The van der Waals surface area contributed by atoms with Crippen molar-refractivity contribution >= 4 is 23.3 Å². The van der Waals surface area contributed by atoms with Gasteiger partial charge in [0.2, 0.25) is 5.91 Å². The fourth-order valence-corrected chi connectivity index (χ4v) is 1.52. The highest BCUT2D eigenvalue weighted by molar-refractivity contribution is 6.29. The number of halogens is 1. The molecule has 0 bridgehead atoms. The number of amides is 1. The average molecular weight is 285 g/mol. The molecule has 0 aliphatic carbocycles. The van der Waals surface area contributed by atoms with Gasteiger partial charge in [0.25, 0.3) is 0 Å². The average Bonchev–Trinajstić information content (AvgIpc) is 2.32. The third-order valence-electron chi connectivity index (χ3n) is 2.37. The van der Waals surface area contributed by atoms with E-state index in [2.05, 4.69) is 20.6 Å². The van der Waals surface area contributed by atoms with E-state index < -0.39 is 0 Å². The largest absolute Gasteiger partial charge is 0.361 e. The van der Waals surface area contributed by atoms with Crippen molar-refractivity contribution < 1.29 is 4.79 Å². The van der Waals surface area contributed by atoms with Crippen molar-refractivity contribution in [2.45, 2.75) is 39.5 Å². The van der Waals surface area contributed by atoms with Crippen LogP contribution < -0.4 is 10.6 Å². The second-order valence-electron chi connectivity index (χ2n) is 5.35. The van der Waals surface area contributed by atoms with Crippen LogP contribution in [0.5, 0.6) is 0 Å². The van der Waals surface area contributed by atoms with E-state index in [-0.39, 0.29) is 17.9 Å². The Morgan fingerprint density at radius 3 is 2.63 bits per heavy atom. The standard InChI is InChI=1S/C13H21ClN4O/c1-5-6-15-11(19)8-16-10-7-9(14)17-12(18-10)13(2,3)4/h7H,5-6,8H2,1-4H3,(H,15,19)(H,16,17,18). The number of hydrogen-bond acceptors (Lipinski definition) is 4. The molecular weight excluding hydrogens is 264 g/mol. The van der Waals surface area contributed by atoms with Crippen LogP contribution in [0.15, 0.2) is 6.07 Å². The van der Waals surface area contributed by atoms with E-state index in [4.69, 9.17) is 11.6 Å². The summed E-state index contributed by atoms with van der Waals surface area (Å²) in [6, 6.07) is 1.61. The maximum atomic E-state index is 11.5. The van der Waals surface area contributed by atoms with Gasteiger partial charge in [-0.1, -0.05) is 39.3 Å². The normalized spacial score (nSPS) is 11.2. The van der Waals surface area contributed by atoms with Crippen LogP contribution in [0.2, 0.25) is 5.15 Å². The Kier molecular flexibility index (Phi) is 5.54. The van der Waals surface area contributed by atoms with Crippen LogP contribution >= 0.6 is 11.6 Å². The van der Waals surface area contributed by atoms with Crippen molar-refractivity contribution in [1.82, 2.24) is 15.3 Å². The van der Waals surface area contributed by atoms with E-state index in [1.165, 1.54) is 0 Å². The van der Waals surface area contributed by atoms with Crippen molar-refractivity contribution in [2.75, 3.05) is 18.4 Å². The molecule has 19 heavy (non-hydrogen) atoms. The third kappa shape index (κ3) is 5.42. The number of nitrogens with one attached hydrogen (secondary N) is 2. The molecule has 0 saturated heterocycles. The molecule has 0 fully saturated rings. The van der Waals surface area contributed by atoms with E-state index in [1.54, 1.807) is 6.07 Å². The van der Waals surface area contributed by atoms with Gasteiger partial charge in [0.05, 0.1) is 6.54 Å². The van der Waals surface area contributed by atoms with Crippen LogP contribution in [-0.4, -0.2) is 29.0 Å². The molecule has 0 radical (unpaired) electrons. The van der Waals surface area contributed by atoms with Gasteiger partial charge in [-0.15, -0.1) is 0 Å². The fourth-order valence-electron chi connectivity index (χ4n) is 1.34. The highest BCUT2D eigenvalue weighted by atomic mass is 35.5. The molecule has 1 amide bonds. The van der Waals surface area contributed by atoms with E-state index in [1.807, 2.05) is 27.7 Å². The van der Waals surface area contributed by atoms with E-state index in [0.717, 1.165) is 6.42 Å². The molecule has 1 heterocycles. The van der Waals surface area contributed by atoms with Gasteiger partial charge in [-0.05, 0) is 6.42 Å². The zero-order valence-corrected chi connectivity index (χ0v) is 12.6. The Labute approximate surface area is 119 Å². The Morgan fingerprint density at radius 1 is 1.37 bits per heavy atom. The minimum atomic E-state index is -0.189. The first kappa shape index (κ1) is 15.7. The monoisotopic (exact) mass is 284 g/mol. The van der Waals surface area contributed by atoms with Crippen LogP contribution in [0.3, 0.4) is 0 Å². The summed E-state index contributed by atoms with van der Waals surface area (Å²) in [6.07, 6.45) is 0.916. The smallest absolute Gasteiger partial charge is 0.239 e. The van der Waals surface area contributed by atoms with Crippen molar-refractivity contribution in [3.63, 3.8) is 0 Å². The van der Waals surface area contributed by atoms with Gasteiger partial charge >= 0.3 is 0 Å². The summed E-state index contributed by atoms with van der Waals surface area (Å²) in [7, 11) is 0. The Morgan fingerprint density at radius 2 is 2.05 bits per heavy atom. The second-order valence-corrected chi connectivity index (χ2v) is 5.74. The topological polar surface area (TPSA) is 66.9 Å². The van der Waals surface area contributed by atoms with Crippen molar-refractivity contribution in [3.8, 4) is 0 Å². The van der Waals surface area contributed by atoms with Crippen LogP contribution in [0.25, 0.3) is 0 Å². The van der Waals surface area contributed by atoms with E-state index in [0.29, 0.717) is 23.3 Å². The lowest BCUT2D eigenvalue weighted by Gasteiger charge is -2.17. The lowest BCUT2D eigenvalue weighted by Crippen LogP contribution is -2.30. The summed E-state index contributed by atoms with van der Waals surface area (Å²) in [5, 5.41) is 6.11. The molecule has 0 saturated carbocycles. The number of anilines is 1. The molecule has 5 nitrogen and oxygen atoms in total. The summed E-state index contributed by atoms with van der Waals surface area (Å²) < 4.78 is 0. The summed E-state index contributed by atoms with van der Waals surface area (Å²) in [5.74, 6) is 1.15. The summed E-state index contributed by atoms with van der Waals surface area (Å²) in [5.41, 5.74) is -0.189. The van der Waals surface area contributed by atoms with Gasteiger partial charge in [0.1, 0.15) is 16.8 Å². The van der Waals surface area contributed by atoms with Crippen molar-refractivity contribution in [1.29, 1.82) is 0 Å². The quantitative estimate of drug-likeness (QED) is 0.815. The van der Waals surface area contributed by atoms with Crippen molar-refractivity contribution in [2.24, 2.45) is 0 Å². The number of aromatic nitrogens is 2. The molecule has 2 N–H and O–H groups in total. The molecule has 0 spiro atoms. The fraction of sp³-hybridized carbons (Fsp3) is 0.615. The predicted octanol–water partition coefficient (Wildman–Crippen LogP) is 2.37. The molecule has 0 aromatic carbocycles. The molecule has 6 heteroatoms. The predicted molar refractivity (Wildman–Crippen MR) is 77.5 cm³/mol. The second kappa shape index (κ2) is 6.70. The SMILES string of the molecule is CCCNC(=O)CNc1cc(Cl)nc(C(C)(C)C)n1. The van der Waals surface area contributed by atoms with E-state index in [9.17, 15) is 4.79 Å². The number of rotatable bonds is 5. The zero-order chi connectivity index (χ0) is 14.5. The lowest BCUT2D eigenvalue weighted by molar-refractivity contribution is -0.119. The van der Waals surface area contributed by atoms with Gasteiger partial charge in [-0.3, -0.25) is 4.79 Å². The first-order valence-corrected chi connectivity index (χ1v) is 6.76. The van der Waals surface area contributed by atoms with Crippen LogP contribution in [0, 0.1) is 0 Å². The molecule has 1 aromatic rings.